The summed E-state index contributed by atoms with van der Waals surface area (Å²) in [6.07, 6.45) is 10.3. The SMILES string of the molecule is [O-]N1C=CC=CN1c1c2c(cc3nonc13)C=CCO2. The molecule has 0 amide bonds. The summed E-state index contributed by atoms with van der Waals surface area (Å²) < 4.78 is 10.5. The average Bonchev–Trinajstić information content (AvgIpc) is 2.93. The van der Waals surface area contributed by atoms with Crippen molar-refractivity contribution in [2.24, 2.45) is 0 Å². The van der Waals surface area contributed by atoms with E-state index in [-0.39, 0.29) is 0 Å². The van der Waals surface area contributed by atoms with Crippen LogP contribution in [-0.4, -0.2) is 22.1 Å². The number of allylic oxidation sites excluding steroid dienone is 2. The Morgan fingerprint density at radius 1 is 1.20 bits per heavy atom. The van der Waals surface area contributed by atoms with Crippen LogP contribution in [0.2, 0.25) is 0 Å². The van der Waals surface area contributed by atoms with Gasteiger partial charge in [-0.1, -0.05) is 6.08 Å². The Labute approximate surface area is 113 Å². The predicted molar refractivity (Wildman–Crippen MR) is 72.3 cm³/mol. The topological polar surface area (TPSA) is 77.7 Å². The summed E-state index contributed by atoms with van der Waals surface area (Å²) in [4.78, 5) is 0. The van der Waals surface area contributed by atoms with E-state index in [1.54, 1.807) is 18.4 Å². The Hall–Kier alpha value is -2.80. The van der Waals surface area contributed by atoms with Crippen molar-refractivity contribution in [3.8, 4) is 5.75 Å². The third-order valence-corrected chi connectivity index (χ3v) is 3.12. The van der Waals surface area contributed by atoms with Crippen LogP contribution in [0.4, 0.5) is 5.69 Å². The van der Waals surface area contributed by atoms with Gasteiger partial charge in [0.15, 0.2) is 11.3 Å². The van der Waals surface area contributed by atoms with E-state index in [1.165, 1.54) is 11.2 Å². The van der Waals surface area contributed by atoms with Crippen LogP contribution in [0.15, 0.2) is 41.3 Å². The number of ether oxygens (including phenoxy) is 1. The largest absolute Gasteiger partial charge is 0.739 e. The summed E-state index contributed by atoms with van der Waals surface area (Å²) in [7, 11) is 0. The minimum Gasteiger partial charge on any atom is -0.739 e. The van der Waals surface area contributed by atoms with Crippen molar-refractivity contribution in [1.82, 2.24) is 15.5 Å². The van der Waals surface area contributed by atoms with Gasteiger partial charge >= 0.3 is 0 Å². The fraction of sp³-hybridized carbons (Fsp3) is 0.0769. The second-order valence-electron chi connectivity index (χ2n) is 4.32. The van der Waals surface area contributed by atoms with Crippen LogP contribution in [0.3, 0.4) is 0 Å². The van der Waals surface area contributed by atoms with Crippen LogP contribution >= 0.6 is 0 Å². The van der Waals surface area contributed by atoms with Gasteiger partial charge in [0.2, 0.25) is 0 Å². The van der Waals surface area contributed by atoms with Gasteiger partial charge in [-0.15, -0.1) is 0 Å². The maximum atomic E-state index is 12.0. The molecule has 1 aromatic heterocycles. The van der Waals surface area contributed by atoms with Gasteiger partial charge in [-0.2, -0.15) is 0 Å². The molecule has 0 atom stereocenters. The molecule has 0 unspecified atom stereocenters. The van der Waals surface area contributed by atoms with Gasteiger partial charge in [0, 0.05) is 18.0 Å². The average molecular weight is 269 g/mol. The Morgan fingerprint density at radius 2 is 2.10 bits per heavy atom. The van der Waals surface area contributed by atoms with E-state index in [9.17, 15) is 5.21 Å². The van der Waals surface area contributed by atoms with Crippen molar-refractivity contribution in [1.29, 1.82) is 0 Å². The van der Waals surface area contributed by atoms with E-state index in [0.29, 0.717) is 34.2 Å². The van der Waals surface area contributed by atoms with Crippen LogP contribution in [0, 0.1) is 5.21 Å². The molecule has 3 heterocycles. The highest BCUT2D eigenvalue weighted by molar-refractivity contribution is 5.95. The molecule has 2 aliphatic heterocycles. The second-order valence-corrected chi connectivity index (χ2v) is 4.32. The Balaban J connectivity index is 2.01. The molecule has 2 aromatic rings. The van der Waals surface area contributed by atoms with Gasteiger partial charge < -0.3 is 15.1 Å². The number of fused-ring (bicyclic) bond motifs is 2. The summed E-state index contributed by atoms with van der Waals surface area (Å²) >= 11 is 0. The smallest absolute Gasteiger partial charge is 0.164 e. The molecule has 0 N–H and O–H groups in total. The van der Waals surface area contributed by atoms with E-state index < -0.39 is 0 Å². The maximum absolute atomic E-state index is 12.0. The third-order valence-electron chi connectivity index (χ3n) is 3.12. The van der Waals surface area contributed by atoms with Crippen molar-refractivity contribution >= 4 is 22.8 Å². The Morgan fingerprint density at radius 3 is 3.00 bits per heavy atom. The number of nitrogens with zero attached hydrogens (tertiary/aromatic N) is 4. The van der Waals surface area contributed by atoms with Gasteiger partial charge in [-0.3, -0.25) is 5.01 Å². The zero-order chi connectivity index (χ0) is 13.5. The van der Waals surface area contributed by atoms with Gasteiger partial charge in [0.1, 0.15) is 17.8 Å². The van der Waals surface area contributed by atoms with Crippen molar-refractivity contribution in [3.05, 3.63) is 47.5 Å². The first-order valence-corrected chi connectivity index (χ1v) is 6.04. The molecule has 0 bridgehead atoms. The van der Waals surface area contributed by atoms with Crippen molar-refractivity contribution in [3.63, 3.8) is 0 Å². The molecule has 100 valence electrons. The van der Waals surface area contributed by atoms with E-state index >= 15 is 0 Å². The molecule has 7 heteroatoms. The van der Waals surface area contributed by atoms with Gasteiger partial charge in [0.25, 0.3) is 0 Å². The van der Waals surface area contributed by atoms with Crippen molar-refractivity contribution in [2.45, 2.75) is 0 Å². The molecule has 20 heavy (non-hydrogen) atoms. The second kappa shape index (κ2) is 4.10. The molecule has 0 fully saturated rings. The quantitative estimate of drug-likeness (QED) is 0.785. The summed E-state index contributed by atoms with van der Waals surface area (Å²) in [5.74, 6) is 0.594. The molecule has 7 nitrogen and oxygen atoms in total. The highest BCUT2D eigenvalue weighted by atomic mass is 16.6. The highest BCUT2D eigenvalue weighted by Crippen LogP contribution is 2.41. The van der Waals surface area contributed by atoms with Crippen LogP contribution in [0.5, 0.6) is 5.75 Å². The summed E-state index contributed by atoms with van der Waals surface area (Å²) in [5.41, 5.74) is 2.43. The summed E-state index contributed by atoms with van der Waals surface area (Å²) in [6, 6.07) is 1.82. The van der Waals surface area contributed by atoms with E-state index in [2.05, 4.69) is 10.3 Å². The van der Waals surface area contributed by atoms with E-state index in [4.69, 9.17) is 9.37 Å². The number of benzene rings is 1. The molecule has 0 radical (unpaired) electrons. The predicted octanol–water partition coefficient (Wildman–Crippen LogP) is 2.19. The number of hydroxylamine groups is 1. The number of hydrazine groups is 1. The number of aromatic nitrogens is 2. The monoisotopic (exact) mass is 269 g/mol. The molecular formula is C13H9N4O3-. The molecule has 4 rings (SSSR count). The van der Waals surface area contributed by atoms with E-state index in [1.807, 2.05) is 18.2 Å². The third kappa shape index (κ3) is 1.50. The first-order valence-electron chi connectivity index (χ1n) is 6.04. The zero-order valence-corrected chi connectivity index (χ0v) is 10.3. The van der Waals surface area contributed by atoms with Gasteiger partial charge in [-0.25, -0.2) is 4.63 Å². The fourth-order valence-corrected chi connectivity index (χ4v) is 2.27. The first kappa shape index (κ1) is 11.1. The molecule has 0 saturated heterocycles. The van der Waals surface area contributed by atoms with Crippen molar-refractivity contribution in [2.75, 3.05) is 11.6 Å². The number of rotatable bonds is 1. The van der Waals surface area contributed by atoms with Gasteiger partial charge in [0.05, 0.1) is 0 Å². The molecule has 1 aromatic carbocycles. The highest BCUT2D eigenvalue weighted by Gasteiger charge is 2.23. The zero-order valence-electron chi connectivity index (χ0n) is 10.3. The summed E-state index contributed by atoms with van der Waals surface area (Å²) in [5, 5.41) is 21.8. The molecule has 0 aliphatic carbocycles. The molecular weight excluding hydrogens is 260 g/mol. The lowest BCUT2D eigenvalue weighted by atomic mass is 10.1. The summed E-state index contributed by atoms with van der Waals surface area (Å²) in [6.45, 7) is 0.447. The maximum Gasteiger partial charge on any atom is 0.164 e. The fourth-order valence-electron chi connectivity index (χ4n) is 2.27. The lowest BCUT2D eigenvalue weighted by Crippen LogP contribution is -2.32. The van der Waals surface area contributed by atoms with Gasteiger partial charge in [-0.05, 0) is 34.6 Å². The number of hydrogen-bond donors (Lipinski definition) is 0. The minimum atomic E-state index is 0.447. The molecule has 2 aliphatic rings. The minimum absolute atomic E-state index is 0.447. The van der Waals surface area contributed by atoms with Crippen LogP contribution < -0.4 is 9.75 Å². The Kier molecular flexibility index (Phi) is 2.27. The molecule has 0 spiro atoms. The molecule has 0 saturated carbocycles. The number of anilines is 1. The Bertz CT molecular complexity index is 762. The first-order chi connectivity index (χ1) is 9.84. The van der Waals surface area contributed by atoms with Crippen LogP contribution in [0.25, 0.3) is 17.1 Å². The normalized spacial score (nSPS) is 16.6. The lowest BCUT2D eigenvalue weighted by Gasteiger charge is -2.40. The lowest BCUT2D eigenvalue weighted by molar-refractivity contribution is 0.315. The van der Waals surface area contributed by atoms with E-state index in [0.717, 1.165) is 5.56 Å². The standard InChI is InChI=1S/C13H9N4O3/c18-17-6-2-1-5-16(17)12-11-10(14-20-15-11)8-9-4-3-7-19-13(9)12/h1-6,8H,7H2/q-1. The number of hydrogen-bond acceptors (Lipinski definition) is 7. The van der Waals surface area contributed by atoms with Crippen LogP contribution in [-0.2, 0) is 0 Å². The van der Waals surface area contributed by atoms with Crippen LogP contribution in [0.1, 0.15) is 5.56 Å². The van der Waals surface area contributed by atoms with Crippen molar-refractivity contribution < 1.29 is 9.37 Å².